The Morgan fingerprint density at radius 2 is 1.68 bits per heavy atom. The maximum atomic E-state index is 11.1. The lowest BCUT2D eigenvalue weighted by molar-refractivity contribution is 0.0697. The van der Waals surface area contributed by atoms with Crippen LogP contribution in [0.15, 0.2) is 72.8 Å². The summed E-state index contributed by atoms with van der Waals surface area (Å²) in [5.74, 6) is -1.03. The van der Waals surface area contributed by atoms with Crippen molar-refractivity contribution in [3.8, 4) is 11.1 Å². The highest BCUT2D eigenvalue weighted by atomic mass is 35.5. The van der Waals surface area contributed by atoms with Gasteiger partial charge in [0.1, 0.15) is 0 Å². The Kier molecular flexibility index (Phi) is 5.33. The lowest BCUT2D eigenvalue weighted by Gasteiger charge is -2.13. The zero-order valence-corrected chi connectivity index (χ0v) is 14.1. The van der Waals surface area contributed by atoms with Gasteiger partial charge in [0, 0.05) is 12.2 Å². The molecule has 25 heavy (non-hydrogen) atoms. The Balaban J connectivity index is 1.79. The van der Waals surface area contributed by atoms with E-state index in [2.05, 4.69) is 10.9 Å². The third-order valence-electron chi connectivity index (χ3n) is 3.81. The van der Waals surface area contributed by atoms with Gasteiger partial charge in [0.15, 0.2) is 0 Å². The summed E-state index contributed by atoms with van der Waals surface area (Å²) in [4.78, 5) is 11.1. The molecule has 4 nitrogen and oxygen atoms in total. The molecule has 0 saturated heterocycles. The molecule has 0 fully saturated rings. The number of carboxylic acids is 1. The number of para-hydroxylation sites is 1. The molecule has 3 N–H and O–H groups in total. The van der Waals surface area contributed by atoms with Gasteiger partial charge >= 0.3 is 5.97 Å². The van der Waals surface area contributed by atoms with E-state index in [4.69, 9.17) is 16.7 Å². The van der Waals surface area contributed by atoms with Gasteiger partial charge in [-0.15, -0.1) is 0 Å². The van der Waals surface area contributed by atoms with Crippen molar-refractivity contribution >= 4 is 23.3 Å². The minimum Gasteiger partial charge on any atom is -0.478 e. The number of aromatic carboxylic acids is 1. The molecular weight excluding hydrogens is 336 g/mol. The number of hydrazine groups is 1. The largest absolute Gasteiger partial charge is 0.478 e. The Morgan fingerprint density at radius 3 is 2.40 bits per heavy atom. The second kappa shape index (κ2) is 7.83. The predicted molar refractivity (Wildman–Crippen MR) is 101 cm³/mol. The van der Waals surface area contributed by atoms with Gasteiger partial charge in [0.05, 0.1) is 10.6 Å². The van der Waals surface area contributed by atoms with Crippen molar-refractivity contribution in [1.29, 1.82) is 0 Å². The average Bonchev–Trinajstić information content (AvgIpc) is 2.62. The third kappa shape index (κ3) is 4.18. The monoisotopic (exact) mass is 352 g/mol. The van der Waals surface area contributed by atoms with Crippen LogP contribution in [0.1, 0.15) is 15.9 Å². The van der Waals surface area contributed by atoms with E-state index in [0.717, 1.165) is 22.4 Å². The van der Waals surface area contributed by atoms with Gasteiger partial charge in [-0.25, -0.2) is 10.2 Å². The van der Waals surface area contributed by atoms with E-state index in [1.165, 1.54) is 6.07 Å². The molecule has 3 aromatic carbocycles. The van der Waals surface area contributed by atoms with E-state index >= 15 is 0 Å². The molecule has 5 heteroatoms. The van der Waals surface area contributed by atoms with Gasteiger partial charge in [0.2, 0.25) is 0 Å². The molecule has 126 valence electrons. The summed E-state index contributed by atoms with van der Waals surface area (Å²) in [5.41, 5.74) is 10.4. The molecule has 0 unspecified atom stereocenters. The van der Waals surface area contributed by atoms with Gasteiger partial charge in [-0.1, -0.05) is 60.1 Å². The SMILES string of the molecule is O=C(O)c1ccc(-c2ccccc2CNNc2ccccc2)cc1Cl. The van der Waals surface area contributed by atoms with Crippen LogP contribution in [-0.4, -0.2) is 11.1 Å². The lowest BCUT2D eigenvalue weighted by Crippen LogP contribution is -2.21. The van der Waals surface area contributed by atoms with Gasteiger partial charge in [-0.05, 0) is 41.0 Å². The highest BCUT2D eigenvalue weighted by Crippen LogP contribution is 2.28. The van der Waals surface area contributed by atoms with E-state index in [-0.39, 0.29) is 10.6 Å². The highest BCUT2D eigenvalue weighted by Gasteiger charge is 2.11. The maximum absolute atomic E-state index is 11.1. The quantitative estimate of drug-likeness (QED) is 0.556. The van der Waals surface area contributed by atoms with Crippen molar-refractivity contribution < 1.29 is 9.90 Å². The molecule has 3 aromatic rings. The number of halogens is 1. The van der Waals surface area contributed by atoms with Crippen molar-refractivity contribution in [1.82, 2.24) is 5.43 Å². The van der Waals surface area contributed by atoms with Crippen LogP contribution in [-0.2, 0) is 6.54 Å². The zero-order valence-electron chi connectivity index (χ0n) is 13.4. The van der Waals surface area contributed by atoms with Crippen LogP contribution in [0.25, 0.3) is 11.1 Å². The summed E-state index contributed by atoms with van der Waals surface area (Å²) in [6.07, 6.45) is 0. The molecule has 0 radical (unpaired) electrons. The summed E-state index contributed by atoms with van der Waals surface area (Å²) >= 11 is 6.10. The van der Waals surface area contributed by atoms with Crippen molar-refractivity contribution in [2.75, 3.05) is 5.43 Å². The number of anilines is 1. The molecule has 0 aliphatic heterocycles. The molecule has 0 amide bonds. The van der Waals surface area contributed by atoms with Crippen LogP contribution in [0, 0.1) is 0 Å². The summed E-state index contributed by atoms with van der Waals surface area (Å²) in [5, 5.41) is 9.34. The number of hydrogen-bond acceptors (Lipinski definition) is 3. The number of carboxylic acid groups (broad SMARTS) is 1. The van der Waals surface area contributed by atoms with E-state index in [9.17, 15) is 4.79 Å². The molecule has 3 rings (SSSR count). The number of nitrogens with one attached hydrogen (secondary N) is 2. The Morgan fingerprint density at radius 1 is 0.960 bits per heavy atom. The van der Waals surface area contributed by atoms with Crippen LogP contribution >= 0.6 is 11.6 Å². The topological polar surface area (TPSA) is 61.4 Å². The molecule has 0 aromatic heterocycles. The van der Waals surface area contributed by atoms with Crippen molar-refractivity contribution in [2.45, 2.75) is 6.54 Å². The Labute approximate surface area is 151 Å². The fraction of sp³-hybridized carbons (Fsp3) is 0.0500. The lowest BCUT2D eigenvalue weighted by atomic mass is 9.98. The standard InChI is InChI=1S/C20H17ClN2O2/c21-19-12-14(10-11-18(19)20(24)25)17-9-5-4-6-15(17)13-22-23-16-7-2-1-3-8-16/h1-12,22-23H,13H2,(H,24,25). The van der Waals surface area contributed by atoms with Crippen LogP contribution < -0.4 is 10.9 Å². The number of benzene rings is 3. The summed E-state index contributed by atoms with van der Waals surface area (Å²) in [7, 11) is 0. The smallest absolute Gasteiger partial charge is 0.337 e. The van der Waals surface area contributed by atoms with Gasteiger partial charge < -0.3 is 10.5 Å². The van der Waals surface area contributed by atoms with E-state index in [1.807, 2.05) is 54.6 Å². The first-order valence-electron chi connectivity index (χ1n) is 7.80. The molecule has 0 spiro atoms. The van der Waals surface area contributed by atoms with Crippen LogP contribution in [0.2, 0.25) is 5.02 Å². The Hall–Kier alpha value is -2.82. The summed E-state index contributed by atoms with van der Waals surface area (Å²) in [6, 6.07) is 22.8. The fourth-order valence-corrected chi connectivity index (χ4v) is 2.84. The van der Waals surface area contributed by atoms with Gasteiger partial charge in [0.25, 0.3) is 0 Å². The van der Waals surface area contributed by atoms with Crippen molar-refractivity contribution in [2.24, 2.45) is 0 Å². The number of rotatable bonds is 6. The van der Waals surface area contributed by atoms with Crippen LogP contribution in [0.4, 0.5) is 5.69 Å². The molecule has 0 bridgehead atoms. The van der Waals surface area contributed by atoms with Gasteiger partial charge in [-0.2, -0.15) is 0 Å². The first kappa shape index (κ1) is 17.0. The van der Waals surface area contributed by atoms with E-state index in [1.54, 1.807) is 12.1 Å². The minimum atomic E-state index is -1.03. The van der Waals surface area contributed by atoms with Crippen molar-refractivity contribution in [3.05, 3.63) is 88.9 Å². The molecule has 0 saturated carbocycles. The number of carbonyl (C=O) groups is 1. The highest BCUT2D eigenvalue weighted by molar-refractivity contribution is 6.33. The molecular formula is C20H17ClN2O2. The summed E-state index contributed by atoms with van der Waals surface area (Å²) < 4.78 is 0. The van der Waals surface area contributed by atoms with Crippen LogP contribution in [0.5, 0.6) is 0 Å². The summed E-state index contributed by atoms with van der Waals surface area (Å²) in [6.45, 7) is 0.601. The van der Waals surface area contributed by atoms with Crippen molar-refractivity contribution in [3.63, 3.8) is 0 Å². The molecule has 0 aliphatic rings. The van der Waals surface area contributed by atoms with Crippen LogP contribution in [0.3, 0.4) is 0 Å². The molecule has 0 heterocycles. The first-order valence-corrected chi connectivity index (χ1v) is 8.18. The first-order chi connectivity index (χ1) is 12.1. The minimum absolute atomic E-state index is 0.103. The van der Waals surface area contributed by atoms with E-state index < -0.39 is 5.97 Å². The predicted octanol–water partition coefficient (Wildman–Crippen LogP) is 4.82. The maximum Gasteiger partial charge on any atom is 0.337 e. The normalized spacial score (nSPS) is 10.4. The van der Waals surface area contributed by atoms with Gasteiger partial charge in [-0.3, -0.25) is 0 Å². The Bertz CT molecular complexity index is 882. The average molecular weight is 353 g/mol. The third-order valence-corrected chi connectivity index (χ3v) is 4.13. The molecule has 0 aliphatic carbocycles. The fourth-order valence-electron chi connectivity index (χ4n) is 2.58. The van der Waals surface area contributed by atoms with E-state index in [0.29, 0.717) is 6.54 Å². The zero-order chi connectivity index (χ0) is 17.6. The second-order valence-electron chi connectivity index (χ2n) is 5.50. The molecule has 0 atom stereocenters. The number of hydrogen-bond donors (Lipinski definition) is 3. The second-order valence-corrected chi connectivity index (χ2v) is 5.91.